The fourth-order valence-electron chi connectivity index (χ4n) is 2.18. The molecule has 0 saturated carbocycles. The predicted molar refractivity (Wildman–Crippen MR) is 78.3 cm³/mol. The molecule has 1 N–H and O–H groups in total. The molecule has 2 amide bonds. The lowest BCUT2D eigenvalue weighted by molar-refractivity contribution is -0.133. The quantitative estimate of drug-likeness (QED) is 0.896. The number of anilines is 1. The van der Waals surface area contributed by atoms with Gasteiger partial charge in [0, 0.05) is 4.47 Å². The van der Waals surface area contributed by atoms with E-state index < -0.39 is 12.1 Å². The van der Waals surface area contributed by atoms with E-state index in [0.717, 1.165) is 4.47 Å². The van der Waals surface area contributed by atoms with Crippen molar-refractivity contribution in [3.63, 3.8) is 0 Å². The number of nitrogens with zero attached hydrogens (tertiary/aromatic N) is 1. The zero-order valence-electron chi connectivity index (χ0n) is 10.6. The lowest BCUT2D eigenvalue weighted by Crippen LogP contribution is -2.62. The van der Waals surface area contributed by atoms with Gasteiger partial charge >= 0.3 is 0 Å². The molecule has 19 heavy (non-hydrogen) atoms. The van der Waals surface area contributed by atoms with E-state index in [1.807, 2.05) is 6.92 Å². The molecule has 0 bridgehead atoms. The number of piperazine rings is 1. The van der Waals surface area contributed by atoms with Gasteiger partial charge in [-0.05, 0) is 31.5 Å². The van der Waals surface area contributed by atoms with Crippen LogP contribution < -0.4 is 10.2 Å². The van der Waals surface area contributed by atoms with Crippen LogP contribution in [0.5, 0.6) is 0 Å². The fraction of sp³-hybridized carbons (Fsp3) is 0.385. The van der Waals surface area contributed by atoms with Crippen LogP contribution in [-0.2, 0) is 9.59 Å². The lowest BCUT2D eigenvalue weighted by atomic mass is 10.0. The molecule has 1 aromatic rings. The molecule has 1 aliphatic heterocycles. The van der Waals surface area contributed by atoms with Crippen LogP contribution in [0.25, 0.3) is 0 Å². The summed E-state index contributed by atoms with van der Waals surface area (Å²) in [7, 11) is 0. The van der Waals surface area contributed by atoms with Crippen LogP contribution in [0.1, 0.15) is 20.3 Å². The highest BCUT2D eigenvalue weighted by atomic mass is 79.9. The Morgan fingerprint density at radius 2 is 2.11 bits per heavy atom. The third kappa shape index (κ3) is 2.62. The number of rotatable bonds is 2. The first-order valence-electron chi connectivity index (χ1n) is 6.04. The second-order valence-electron chi connectivity index (χ2n) is 4.46. The first kappa shape index (κ1) is 14.3. The van der Waals surface area contributed by atoms with Crippen molar-refractivity contribution in [3.8, 4) is 0 Å². The van der Waals surface area contributed by atoms with Crippen LogP contribution in [0.2, 0.25) is 5.02 Å². The van der Waals surface area contributed by atoms with Crippen molar-refractivity contribution in [3.05, 3.63) is 27.7 Å². The summed E-state index contributed by atoms with van der Waals surface area (Å²) in [5, 5.41) is 3.13. The van der Waals surface area contributed by atoms with Gasteiger partial charge in [0.05, 0.1) is 10.7 Å². The minimum absolute atomic E-state index is 0.143. The van der Waals surface area contributed by atoms with Gasteiger partial charge in [0.1, 0.15) is 12.1 Å². The number of carbonyl (C=O) groups excluding carboxylic acids is 2. The van der Waals surface area contributed by atoms with Crippen molar-refractivity contribution in [2.24, 2.45) is 0 Å². The van der Waals surface area contributed by atoms with Gasteiger partial charge in [-0.1, -0.05) is 34.5 Å². The Balaban J connectivity index is 2.48. The van der Waals surface area contributed by atoms with Gasteiger partial charge in [-0.25, -0.2) is 0 Å². The van der Waals surface area contributed by atoms with Crippen molar-refractivity contribution in [1.29, 1.82) is 0 Å². The van der Waals surface area contributed by atoms with Crippen LogP contribution >= 0.6 is 27.5 Å². The second kappa shape index (κ2) is 5.51. The minimum atomic E-state index is -0.532. The standard InChI is InChI=1S/C13H14BrClN2O2/c1-3-10-12(18)16-7(2)13(19)17(10)11-5-4-8(14)6-9(11)15/h4-7,10H,3H2,1-2H3,(H,16,18). The third-order valence-electron chi connectivity index (χ3n) is 3.14. The van der Waals surface area contributed by atoms with Gasteiger partial charge in [-0.2, -0.15) is 0 Å². The van der Waals surface area contributed by atoms with Crippen molar-refractivity contribution < 1.29 is 9.59 Å². The van der Waals surface area contributed by atoms with Crippen LogP contribution in [0.4, 0.5) is 5.69 Å². The summed E-state index contributed by atoms with van der Waals surface area (Å²) in [6.45, 7) is 3.54. The summed E-state index contributed by atoms with van der Waals surface area (Å²) >= 11 is 9.51. The number of hydrogen-bond acceptors (Lipinski definition) is 2. The molecule has 0 radical (unpaired) electrons. The van der Waals surface area contributed by atoms with E-state index in [-0.39, 0.29) is 11.8 Å². The van der Waals surface area contributed by atoms with E-state index in [1.54, 1.807) is 25.1 Å². The van der Waals surface area contributed by atoms with Crippen LogP contribution in [0.3, 0.4) is 0 Å². The van der Waals surface area contributed by atoms with Gasteiger partial charge in [0.2, 0.25) is 11.8 Å². The van der Waals surface area contributed by atoms with Gasteiger partial charge in [-0.15, -0.1) is 0 Å². The Labute approximate surface area is 125 Å². The third-order valence-corrected chi connectivity index (χ3v) is 3.93. The zero-order valence-corrected chi connectivity index (χ0v) is 13.0. The van der Waals surface area contributed by atoms with E-state index in [1.165, 1.54) is 4.90 Å². The summed E-state index contributed by atoms with van der Waals surface area (Å²) in [6.07, 6.45) is 0.538. The van der Waals surface area contributed by atoms with Crippen LogP contribution in [0.15, 0.2) is 22.7 Å². The topological polar surface area (TPSA) is 49.4 Å². The fourth-order valence-corrected chi connectivity index (χ4v) is 2.95. The van der Waals surface area contributed by atoms with Gasteiger partial charge in [0.15, 0.2) is 0 Å². The highest BCUT2D eigenvalue weighted by Gasteiger charge is 2.39. The molecule has 0 aliphatic carbocycles. The number of benzene rings is 1. The average molecular weight is 346 g/mol. The highest BCUT2D eigenvalue weighted by molar-refractivity contribution is 9.10. The predicted octanol–water partition coefficient (Wildman–Crippen LogP) is 2.73. The van der Waals surface area contributed by atoms with Gasteiger partial charge in [-0.3, -0.25) is 14.5 Å². The molecule has 1 fully saturated rings. The lowest BCUT2D eigenvalue weighted by Gasteiger charge is -2.37. The Morgan fingerprint density at radius 1 is 1.42 bits per heavy atom. The van der Waals surface area contributed by atoms with Gasteiger partial charge < -0.3 is 5.32 Å². The summed E-state index contributed by atoms with van der Waals surface area (Å²) in [4.78, 5) is 25.8. The monoisotopic (exact) mass is 344 g/mol. The molecule has 0 aromatic heterocycles. The molecule has 2 atom stereocenters. The molecule has 2 rings (SSSR count). The molecular weight excluding hydrogens is 332 g/mol. The normalized spacial score (nSPS) is 23.5. The van der Waals surface area contributed by atoms with Gasteiger partial charge in [0.25, 0.3) is 0 Å². The summed E-state index contributed by atoms with van der Waals surface area (Å²) in [6, 6.07) is 4.22. The SMILES string of the molecule is CCC1C(=O)NC(C)C(=O)N1c1ccc(Br)cc1Cl. The number of amides is 2. The maximum Gasteiger partial charge on any atom is 0.250 e. The van der Waals surface area contributed by atoms with Crippen molar-refractivity contribution in [2.75, 3.05) is 4.90 Å². The van der Waals surface area contributed by atoms with E-state index in [2.05, 4.69) is 21.2 Å². The summed E-state index contributed by atoms with van der Waals surface area (Å²) in [5.74, 6) is -0.288. The molecule has 2 unspecified atom stereocenters. The number of halogens is 2. The smallest absolute Gasteiger partial charge is 0.250 e. The molecule has 4 nitrogen and oxygen atoms in total. The number of nitrogens with one attached hydrogen (secondary N) is 1. The molecule has 6 heteroatoms. The maximum absolute atomic E-state index is 12.3. The summed E-state index contributed by atoms with van der Waals surface area (Å²) in [5.41, 5.74) is 0.573. The maximum atomic E-state index is 12.3. The van der Waals surface area contributed by atoms with Crippen molar-refractivity contribution in [1.82, 2.24) is 5.32 Å². The van der Waals surface area contributed by atoms with Crippen molar-refractivity contribution >= 4 is 45.0 Å². The largest absolute Gasteiger partial charge is 0.343 e. The molecule has 1 saturated heterocycles. The molecular formula is C13H14BrClN2O2. The number of hydrogen-bond donors (Lipinski definition) is 1. The van der Waals surface area contributed by atoms with E-state index >= 15 is 0 Å². The zero-order chi connectivity index (χ0) is 14.2. The van der Waals surface area contributed by atoms with Crippen LogP contribution in [-0.4, -0.2) is 23.9 Å². The van der Waals surface area contributed by atoms with Crippen LogP contribution in [0, 0.1) is 0 Å². The first-order valence-corrected chi connectivity index (χ1v) is 7.21. The first-order chi connectivity index (χ1) is 8.95. The van der Waals surface area contributed by atoms with E-state index in [0.29, 0.717) is 17.1 Å². The Bertz CT molecular complexity index is 535. The Hall–Kier alpha value is -1.07. The van der Waals surface area contributed by atoms with E-state index in [4.69, 9.17) is 11.6 Å². The molecule has 1 aromatic carbocycles. The van der Waals surface area contributed by atoms with E-state index in [9.17, 15) is 9.59 Å². The number of carbonyl (C=O) groups is 2. The molecule has 102 valence electrons. The molecule has 1 aliphatic rings. The van der Waals surface area contributed by atoms with Crippen molar-refractivity contribution in [2.45, 2.75) is 32.4 Å². The Kier molecular flexibility index (Phi) is 4.16. The molecule has 1 heterocycles. The highest BCUT2D eigenvalue weighted by Crippen LogP contribution is 2.32. The Morgan fingerprint density at radius 3 is 2.68 bits per heavy atom. The average Bonchev–Trinajstić information content (AvgIpc) is 2.34. The minimum Gasteiger partial charge on any atom is -0.343 e. The molecule has 0 spiro atoms. The second-order valence-corrected chi connectivity index (χ2v) is 5.78. The summed E-state index contributed by atoms with van der Waals surface area (Å²) < 4.78 is 0.830.